The van der Waals surface area contributed by atoms with E-state index < -0.39 is 43.1 Å². The second-order valence-corrected chi connectivity index (χ2v) is 9.02. The van der Waals surface area contributed by atoms with E-state index in [9.17, 15) is 24.8 Å². The SMILES string of the molecule is COc1ccc(Cc2c(O[C@@H]3O[C@H](CO)[C@@H](O)[C@H](O)[C@H]3O)nn(C(C)C)c2-c2cccc(F)c2)cc1. The first-order chi connectivity index (χ1) is 17.2. The molecule has 1 aliphatic rings. The van der Waals surface area contributed by atoms with Crippen molar-refractivity contribution in [2.75, 3.05) is 13.7 Å². The van der Waals surface area contributed by atoms with E-state index in [2.05, 4.69) is 5.10 Å². The van der Waals surface area contributed by atoms with E-state index >= 15 is 0 Å². The first-order valence-electron chi connectivity index (χ1n) is 11.7. The second-order valence-electron chi connectivity index (χ2n) is 9.02. The van der Waals surface area contributed by atoms with Crippen LogP contribution in [0.15, 0.2) is 48.5 Å². The average molecular weight is 503 g/mol. The van der Waals surface area contributed by atoms with Crippen LogP contribution in [0.1, 0.15) is 31.0 Å². The Morgan fingerprint density at radius 1 is 1.06 bits per heavy atom. The molecule has 3 aromatic rings. The summed E-state index contributed by atoms with van der Waals surface area (Å²) in [7, 11) is 1.58. The largest absolute Gasteiger partial charge is 0.497 e. The number of nitrogens with zero attached hydrogens (tertiary/aromatic N) is 2. The van der Waals surface area contributed by atoms with Crippen LogP contribution in [0.25, 0.3) is 11.3 Å². The van der Waals surface area contributed by atoms with Gasteiger partial charge in [0.1, 0.15) is 36.0 Å². The molecule has 9 nitrogen and oxygen atoms in total. The Labute approximate surface area is 208 Å². The number of aromatic nitrogens is 2. The molecule has 36 heavy (non-hydrogen) atoms. The summed E-state index contributed by atoms with van der Waals surface area (Å²) in [6.45, 7) is 3.26. The number of hydrogen-bond acceptors (Lipinski definition) is 8. The van der Waals surface area contributed by atoms with Crippen molar-refractivity contribution in [3.05, 3.63) is 65.5 Å². The minimum absolute atomic E-state index is 0.114. The van der Waals surface area contributed by atoms with Crippen LogP contribution in [0.3, 0.4) is 0 Å². The number of benzene rings is 2. The lowest BCUT2D eigenvalue weighted by Gasteiger charge is -2.39. The van der Waals surface area contributed by atoms with E-state index in [1.807, 2.05) is 38.1 Å². The molecule has 194 valence electrons. The first kappa shape index (κ1) is 26.1. The maximum Gasteiger partial charge on any atom is 0.239 e. The van der Waals surface area contributed by atoms with Gasteiger partial charge in [0.25, 0.3) is 0 Å². The predicted molar refractivity (Wildman–Crippen MR) is 128 cm³/mol. The van der Waals surface area contributed by atoms with Gasteiger partial charge in [-0.2, -0.15) is 0 Å². The lowest BCUT2D eigenvalue weighted by atomic mass is 9.99. The highest BCUT2D eigenvalue weighted by Crippen LogP contribution is 2.37. The summed E-state index contributed by atoms with van der Waals surface area (Å²) >= 11 is 0. The maximum atomic E-state index is 14.2. The number of aliphatic hydroxyl groups excluding tert-OH is 4. The van der Waals surface area contributed by atoms with Gasteiger partial charge in [0.15, 0.2) is 0 Å². The van der Waals surface area contributed by atoms with Crippen LogP contribution in [-0.2, 0) is 11.2 Å². The summed E-state index contributed by atoms with van der Waals surface area (Å²) in [5, 5.41) is 45.0. The third-order valence-electron chi connectivity index (χ3n) is 6.18. The molecule has 1 aromatic heterocycles. The minimum atomic E-state index is -1.60. The average Bonchev–Trinajstić information content (AvgIpc) is 3.22. The van der Waals surface area contributed by atoms with E-state index in [1.165, 1.54) is 12.1 Å². The van der Waals surface area contributed by atoms with Crippen molar-refractivity contribution in [1.82, 2.24) is 9.78 Å². The van der Waals surface area contributed by atoms with Gasteiger partial charge in [0.2, 0.25) is 12.2 Å². The molecule has 2 heterocycles. The van der Waals surface area contributed by atoms with Crippen LogP contribution < -0.4 is 9.47 Å². The highest BCUT2D eigenvalue weighted by Gasteiger charge is 2.45. The quantitative estimate of drug-likeness (QED) is 0.369. The van der Waals surface area contributed by atoms with Gasteiger partial charge in [0.05, 0.1) is 19.4 Å². The molecular weight excluding hydrogens is 471 g/mol. The summed E-state index contributed by atoms with van der Waals surface area (Å²) in [6.07, 6.45) is -6.91. The molecular formula is C26H31FN2O7. The Hall–Kier alpha value is -3.02. The van der Waals surface area contributed by atoms with Crippen LogP contribution >= 0.6 is 0 Å². The van der Waals surface area contributed by atoms with E-state index in [1.54, 1.807) is 23.9 Å². The summed E-state index contributed by atoms with van der Waals surface area (Å²) < 4.78 is 32.7. The van der Waals surface area contributed by atoms with Crippen molar-refractivity contribution in [3.8, 4) is 22.9 Å². The van der Waals surface area contributed by atoms with Crippen molar-refractivity contribution in [1.29, 1.82) is 0 Å². The fourth-order valence-corrected chi connectivity index (χ4v) is 4.24. The number of methoxy groups -OCH3 is 1. The Morgan fingerprint density at radius 2 is 1.78 bits per heavy atom. The zero-order chi connectivity index (χ0) is 26.0. The van der Waals surface area contributed by atoms with Crippen LogP contribution in [0.2, 0.25) is 0 Å². The van der Waals surface area contributed by atoms with E-state index in [0.717, 1.165) is 5.56 Å². The topological polar surface area (TPSA) is 126 Å². The van der Waals surface area contributed by atoms with Crippen LogP contribution in [0.5, 0.6) is 11.6 Å². The lowest BCUT2D eigenvalue weighted by Crippen LogP contribution is -2.60. The fourth-order valence-electron chi connectivity index (χ4n) is 4.24. The number of aliphatic hydroxyl groups is 4. The second kappa shape index (κ2) is 10.9. The molecule has 2 aromatic carbocycles. The Balaban J connectivity index is 1.80. The van der Waals surface area contributed by atoms with Crippen LogP contribution in [0.4, 0.5) is 4.39 Å². The summed E-state index contributed by atoms with van der Waals surface area (Å²) in [4.78, 5) is 0. The van der Waals surface area contributed by atoms with Gasteiger partial charge < -0.3 is 34.6 Å². The maximum absolute atomic E-state index is 14.2. The lowest BCUT2D eigenvalue weighted by molar-refractivity contribution is -0.278. The molecule has 5 atom stereocenters. The molecule has 0 spiro atoms. The van der Waals surface area contributed by atoms with Gasteiger partial charge in [-0.1, -0.05) is 24.3 Å². The zero-order valence-electron chi connectivity index (χ0n) is 20.3. The molecule has 0 saturated carbocycles. The van der Waals surface area contributed by atoms with Crippen LogP contribution in [-0.4, -0.2) is 74.6 Å². The molecule has 1 aliphatic heterocycles. The van der Waals surface area contributed by atoms with Gasteiger partial charge in [-0.3, -0.25) is 4.68 Å². The van der Waals surface area contributed by atoms with Crippen molar-refractivity contribution in [2.24, 2.45) is 0 Å². The predicted octanol–water partition coefficient (Wildman–Crippen LogP) is 2.05. The number of ether oxygens (including phenoxy) is 3. The van der Waals surface area contributed by atoms with Crippen molar-refractivity contribution < 1.29 is 39.0 Å². The van der Waals surface area contributed by atoms with Gasteiger partial charge >= 0.3 is 0 Å². The Bertz CT molecular complexity index is 1170. The minimum Gasteiger partial charge on any atom is -0.497 e. The van der Waals surface area contributed by atoms with E-state index in [0.29, 0.717) is 29.0 Å². The number of rotatable bonds is 8. The van der Waals surface area contributed by atoms with Crippen LogP contribution in [0, 0.1) is 5.82 Å². The summed E-state index contributed by atoms with van der Waals surface area (Å²) in [5.41, 5.74) is 2.72. The van der Waals surface area contributed by atoms with E-state index in [-0.39, 0.29) is 11.9 Å². The smallest absolute Gasteiger partial charge is 0.239 e. The van der Waals surface area contributed by atoms with Crippen molar-refractivity contribution in [2.45, 2.75) is 57.0 Å². The van der Waals surface area contributed by atoms with E-state index in [4.69, 9.17) is 14.2 Å². The molecule has 0 unspecified atom stereocenters. The summed E-state index contributed by atoms with van der Waals surface area (Å²) in [5.74, 6) is 0.402. The molecule has 1 fully saturated rings. The van der Waals surface area contributed by atoms with Crippen molar-refractivity contribution in [3.63, 3.8) is 0 Å². The standard InChI is InChI=1S/C26H31FN2O7/c1-14(2)29-21(16-5-4-6-17(27)12-16)19(11-15-7-9-18(34-3)10-8-15)25(28-29)36-26-24(33)23(32)22(31)20(13-30)35-26/h4-10,12,14,20,22-24,26,30-33H,11,13H2,1-3H3/t20-,22-,23+,24-,26+/m1/s1. The first-order valence-corrected chi connectivity index (χ1v) is 11.7. The zero-order valence-corrected chi connectivity index (χ0v) is 20.3. The molecule has 10 heteroatoms. The van der Waals surface area contributed by atoms with Gasteiger partial charge in [-0.05, 0) is 43.7 Å². The molecule has 1 saturated heterocycles. The molecule has 0 radical (unpaired) electrons. The van der Waals surface area contributed by atoms with Gasteiger partial charge in [0, 0.05) is 23.6 Å². The molecule has 0 amide bonds. The monoisotopic (exact) mass is 502 g/mol. The normalized spacial score (nSPS) is 24.2. The third kappa shape index (κ3) is 5.23. The molecule has 4 N–H and O–H groups in total. The van der Waals surface area contributed by atoms with Gasteiger partial charge in [-0.25, -0.2) is 4.39 Å². The molecule has 4 rings (SSSR count). The highest BCUT2D eigenvalue weighted by atomic mass is 19.1. The summed E-state index contributed by atoms with van der Waals surface area (Å²) in [6, 6.07) is 13.4. The number of halogens is 1. The number of hydrogen-bond donors (Lipinski definition) is 4. The Kier molecular flexibility index (Phi) is 7.91. The molecule has 0 aliphatic carbocycles. The van der Waals surface area contributed by atoms with Gasteiger partial charge in [-0.15, -0.1) is 5.10 Å². The third-order valence-corrected chi connectivity index (χ3v) is 6.18. The van der Waals surface area contributed by atoms with Crippen molar-refractivity contribution >= 4 is 0 Å². The fraction of sp³-hybridized carbons (Fsp3) is 0.423. The Morgan fingerprint density at radius 3 is 2.39 bits per heavy atom. The highest BCUT2D eigenvalue weighted by molar-refractivity contribution is 5.67. The molecule has 0 bridgehead atoms.